The first-order chi connectivity index (χ1) is 8.59. The van der Waals surface area contributed by atoms with E-state index in [0.29, 0.717) is 36.8 Å². The molecular weight excluding hydrogens is 252 g/mol. The second-order valence-corrected chi connectivity index (χ2v) is 4.55. The third-order valence-electron chi connectivity index (χ3n) is 3.01. The van der Waals surface area contributed by atoms with Crippen molar-refractivity contribution in [2.75, 3.05) is 26.2 Å². The van der Waals surface area contributed by atoms with Crippen molar-refractivity contribution in [3.63, 3.8) is 0 Å². The van der Waals surface area contributed by atoms with E-state index in [-0.39, 0.29) is 11.9 Å². The Hall–Kier alpha value is -1.75. The number of nitrogens with zero attached hydrogens (tertiary/aromatic N) is 2. The van der Waals surface area contributed by atoms with E-state index in [2.05, 4.69) is 0 Å². The van der Waals surface area contributed by atoms with Crippen LogP contribution in [0.1, 0.15) is 10.4 Å². The molecule has 0 saturated carbocycles. The van der Waals surface area contributed by atoms with E-state index in [1.54, 1.807) is 34.1 Å². The normalized spacial score (nSPS) is 15.6. The number of piperazine rings is 1. The van der Waals surface area contributed by atoms with Crippen LogP contribution in [0, 0.1) is 5.41 Å². The maximum absolute atomic E-state index is 12.2. The Balaban J connectivity index is 2.04. The predicted octanol–water partition coefficient (Wildman–Crippen LogP) is 0.991. The lowest BCUT2D eigenvalue weighted by Crippen LogP contribution is -2.52. The number of rotatable bonds is 1. The lowest BCUT2D eigenvalue weighted by atomic mass is 10.2. The molecule has 18 heavy (non-hydrogen) atoms. The van der Waals surface area contributed by atoms with Crippen molar-refractivity contribution in [3.8, 4) is 0 Å². The summed E-state index contributed by atoms with van der Waals surface area (Å²) >= 11 is 6.01. The smallest absolute Gasteiger partial charge is 0.255 e. The standard InChI is InChI=1S/C12H15ClN4O/c13-10-4-2-1-3-9(10)11(18)16-5-7-17(8-6-16)12(14)15/h1-4H,5-8H2,(H3,14,15). The van der Waals surface area contributed by atoms with Gasteiger partial charge in [0.1, 0.15) is 0 Å². The molecule has 6 heteroatoms. The monoisotopic (exact) mass is 266 g/mol. The van der Waals surface area contributed by atoms with Gasteiger partial charge >= 0.3 is 0 Å². The van der Waals surface area contributed by atoms with E-state index in [0.717, 1.165) is 0 Å². The van der Waals surface area contributed by atoms with E-state index in [1.165, 1.54) is 0 Å². The van der Waals surface area contributed by atoms with Crippen LogP contribution in [0.25, 0.3) is 0 Å². The van der Waals surface area contributed by atoms with Crippen LogP contribution >= 0.6 is 11.6 Å². The van der Waals surface area contributed by atoms with Gasteiger partial charge in [-0.1, -0.05) is 23.7 Å². The molecule has 3 N–H and O–H groups in total. The minimum atomic E-state index is -0.0659. The van der Waals surface area contributed by atoms with Gasteiger partial charge in [-0.05, 0) is 12.1 Å². The number of benzene rings is 1. The lowest BCUT2D eigenvalue weighted by molar-refractivity contribution is 0.0690. The molecule has 1 saturated heterocycles. The van der Waals surface area contributed by atoms with Gasteiger partial charge in [0, 0.05) is 26.2 Å². The average molecular weight is 267 g/mol. The largest absolute Gasteiger partial charge is 0.370 e. The number of nitrogens with one attached hydrogen (secondary N) is 1. The number of halogens is 1. The molecule has 1 fully saturated rings. The molecule has 0 unspecified atom stereocenters. The van der Waals surface area contributed by atoms with Crippen LogP contribution in [0.3, 0.4) is 0 Å². The molecule has 1 aromatic rings. The van der Waals surface area contributed by atoms with Gasteiger partial charge < -0.3 is 15.5 Å². The quantitative estimate of drug-likeness (QED) is 0.588. The summed E-state index contributed by atoms with van der Waals surface area (Å²) in [6.07, 6.45) is 0. The fourth-order valence-electron chi connectivity index (χ4n) is 1.96. The minimum absolute atomic E-state index is 0.0554. The maximum atomic E-state index is 12.2. The van der Waals surface area contributed by atoms with E-state index in [4.69, 9.17) is 22.7 Å². The summed E-state index contributed by atoms with van der Waals surface area (Å²) in [6.45, 7) is 2.30. The first-order valence-corrected chi connectivity index (χ1v) is 6.10. The summed E-state index contributed by atoms with van der Waals surface area (Å²) in [5.74, 6) is -0.0105. The van der Waals surface area contributed by atoms with Crippen LogP contribution in [0.2, 0.25) is 5.02 Å². The first kappa shape index (κ1) is 12.7. The Bertz CT molecular complexity index is 469. The summed E-state index contributed by atoms with van der Waals surface area (Å²) < 4.78 is 0. The van der Waals surface area contributed by atoms with Crippen molar-refractivity contribution in [3.05, 3.63) is 34.9 Å². The molecule has 1 amide bonds. The van der Waals surface area contributed by atoms with Crippen LogP contribution in [-0.4, -0.2) is 47.8 Å². The van der Waals surface area contributed by atoms with Gasteiger partial charge in [0.25, 0.3) is 5.91 Å². The summed E-state index contributed by atoms with van der Waals surface area (Å²) in [6, 6.07) is 7.03. The Labute approximate surface area is 111 Å². The highest BCUT2D eigenvalue weighted by Crippen LogP contribution is 2.17. The summed E-state index contributed by atoms with van der Waals surface area (Å²) in [5.41, 5.74) is 5.93. The lowest BCUT2D eigenvalue weighted by Gasteiger charge is -2.35. The zero-order chi connectivity index (χ0) is 13.1. The van der Waals surface area contributed by atoms with Crippen LogP contribution in [0.5, 0.6) is 0 Å². The van der Waals surface area contributed by atoms with Crippen LogP contribution in [-0.2, 0) is 0 Å². The number of guanidine groups is 1. The van der Waals surface area contributed by atoms with E-state index in [9.17, 15) is 4.79 Å². The molecule has 0 bridgehead atoms. The second-order valence-electron chi connectivity index (χ2n) is 4.14. The number of amides is 1. The predicted molar refractivity (Wildman–Crippen MR) is 70.8 cm³/mol. The SMILES string of the molecule is N=C(N)N1CCN(C(=O)c2ccccc2Cl)CC1. The molecule has 2 rings (SSSR count). The molecule has 0 spiro atoms. The molecule has 0 aliphatic carbocycles. The first-order valence-electron chi connectivity index (χ1n) is 5.72. The molecule has 0 atom stereocenters. The number of hydrogen-bond acceptors (Lipinski definition) is 2. The number of carbonyl (C=O) groups is 1. The molecule has 96 valence electrons. The van der Waals surface area contributed by atoms with Gasteiger partial charge in [0.15, 0.2) is 5.96 Å². The molecule has 0 aromatic heterocycles. The van der Waals surface area contributed by atoms with Crippen molar-refractivity contribution in [2.24, 2.45) is 5.73 Å². The number of nitrogens with two attached hydrogens (primary N) is 1. The Kier molecular flexibility index (Phi) is 3.72. The molecule has 1 aliphatic rings. The van der Waals surface area contributed by atoms with Gasteiger partial charge in [0.2, 0.25) is 0 Å². The van der Waals surface area contributed by atoms with E-state index >= 15 is 0 Å². The van der Waals surface area contributed by atoms with Gasteiger partial charge in [-0.2, -0.15) is 0 Å². The molecule has 0 radical (unpaired) electrons. The summed E-state index contributed by atoms with van der Waals surface area (Å²) in [5, 5.41) is 7.81. The highest BCUT2D eigenvalue weighted by Gasteiger charge is 2.23. The average Bonchev–Trinajstić information content (AvgIpc) is 2.38. The van der Waals surface area contributed by atoms with Gasteiger partial charge in [-0.25, -0.2) is 0 Å². The number of hydrogen-bond donors (Lipinski definition) is 2. The molecule has 1 aliphatic heterocycles. The van der Waals surface area contributed by atoms with Crippen molar-refractivity contribution >= 4 is 23.5 Å². The van der Waals surface area contributed by atoms with Crippen molar-refractivity contribution in [1.29, 1.82) is 5.41 Å². The van der Waals surface area contributed by atoms with E-state index in [1.807, 2.05) is 0 Å². The molecule has 1 heterocycles. The maximum Gasteiger partial charge on any atom is 0.255 e. The van der Waals surface area contributed by atoms with Crippen LogP contribution < -0.4 is 5.73 Å². The molecule has 5 nitrogen and oxygen atoms in total. The van der Waals surface area contributed by atoms with Gasteiger partial charge in [0.05, 0.1) is 10.6 Å². The summed E-state index contributed by atoms with van der Waals surface area (Å²) in [4.78, 5) is 15.7. The van der Waals surface area contributed by atoms with Crippen LogP contribution in [0.4, 0.5) is 0 Å². The third kappa shape index (κ3) is 2.56. The third-order valence-corrected chi connectivity index (χ3v) is 3.34. The number of carbonyl (C=O) groups excluding carboxylic acids is 1. The van der Waals surface area contributed by atoms with Crippen molar-refractivity contribution in [2.45, 2.75) is 0 Å². The van der Waals surface area contributed by atoms with Gasteiger partial charge in [-0.3, -0.25) is 10.2 Å². The minimum Gasteiger partial charge on any atom is -0.370 e. The highest BCUT2D eigenvalue weighted by atomic mass is 35.5. The Morgan fingerprint density at radius 3 is 2.28 bits per heavy atom. The molecule has 1 aromatic carbocycles. The van der Waals surface area contributed by atoms with Gasteiger partial charge in [-0.15, -0.1) is 0 Å². The van der Waals surface area contributed by atoms with Crippen molar-refractivity contribution < 1.29 is 4.79 Å². The van der Waals surface area contributed by atoms with Crippen LogP contribution in [0.15, 0.2) is 24.3 Å². The zero-order valence-corrected chi connectivity index (χ0v) is 10.7. The van der Waals surface area contributed by atoms with E-state index < -0.39 is 0 Å². The molecular formula is C12H15ClN4O. The zero-order valence-electron chi connectivity index (χ0n) is 9.90. The fraction of sp³-hybridized carbons (Fsp3) is 0.333. The highest BCUT2D eigenvalue weighted by molar-refractivity contribution is 6.33. The van der Waals surface area contributed by atoms with Crippen molar-refractivity contribution in [1.82, 2.24) is 9.80 Å². The fourth-order valence-corrected chi connectivity index (χ4v) is 2.17. The second kappa shape index (κ2) is 5.27. The Morgan fingerprint density at radius 1 is 1.17 bits per heavy atom. The topological polar surface area (TPSA) is 73.4 Å². The summed E-state index contributed by atoms with van der Waals surface area (Å²) in [7, 11) is 0. The Morgan fingerprint density at radius 2 is 1.72 bits per heavy atom.